The van der Waals surface area contributed by atoms with E-state index in [9.17, 15) is 9.59 Å². The fourth-order valence-corrected chi connectivity index (χ4v) is 3.16. The molecule has 2 aliphatic heterocycles. The lowest BCUT2D eigenvalue weighted by atomic mass is 9.94. The highest BCUT2D eigenvalue weighted by molar-refractivity contribution is 5.82. The second kappa shape index (κ2) is 7.92. The molecule has 2 fully saturated rings. The summed E-state index contributed by atoms with van der Waals surface area (Å²) in [6.45, 7) is 10.2. The number of ether oxygens (including phenoxy) is 1. The summed E-state index contributed by atoms with van der Waals surface area (Å²) in [5, 5.41) is 2.98. The van der Waals surface area contributed by atoms with Gasteiger partial charge in [0.15, 0.2) is 0 Å². The molecule has 0 aromatic carbocycles. The summed E-state index contributed by atoms with van der Waals surface area (Å²) < 4.78 is 5.30. The van der Waals surface area contributed by atoms with Crippen LogP contribution in [0.3, 0.4) is 0 Å². The van der Waals surface area contributed by atoms with E-state index in [0.29, 0.717) is 26.3 Å². The van der Waals surface area contributed by atoms with E-state index in [1.807, 2.05) is 25.7 Å². The molecular weight excluding hydrogens is 282 g/mol. The van der Waals surface area contributed by atoms with Crippen LogP contribution in [-0.2, 0) is 14.3 Å². The summed E-state index contributed by atoms with van der Waals surface area (Å²) in [7, 11) is 0. The third-order valence-electron chi connectivity index (χ3n) is 4.56. The van der Waals surface area contributed by atoms with Gasteiger partial charge in [-0.1, -0.05) is 0 Å². The van der Waals surface area contributed by atoms with Crippen LogP contribution in [0.15, 0.2) is 0 Å². The first-order chi connectivity index (χ1) is 10.5. The van der Waals surface area contributed by atoms with Gasteiger partial charge in [0.2, 0.25) is 11.8 Å². The molecule has 0 aromatic heterocycles. The molecule has 2 rings (SSSR count). The summed E-state index contributed by atoms with van der Waals surface area (Å²) in [5.41, 5.74) is 0. The molecule has 0 bridgehead atoms. The molecule has 2 heterocycles. The summed E-state index contributed by atoms with van der Waals surface area (Å²) >= 11 is 0. The molecule has 126 valence electrons. The van der Waals surface area contributed by atoms with Gasteiger partial charge in [-0.3, -0.25) is 14.5 Å². The Balaban J connectivity index is 1.80. The van der Waals surface area contributed by atoms with Gasteiger partial charge in [-0.15, -0.1) is 0 Å². The number of likely N-dealkylation sites (tertiary alicyclic amines) is 1. The Morgan fingerprint density at radius 1 is 1.05 bits per heavy atom. The van der Waals surface area contributed by atoms with Gasteiger partial charge in [-0.05, 0) is 46.7 Å². The van der Waals surface area contributed by atoms with Crippen molar-refractivity contribution >= 4 is 11.8 Å². The van der Waals surface area contributed by atoms with E-state index in [1.54, 1.807) is 0 Å². The molecule has 0 spiro atoms. The van der Waals surface area contributed by atoms with Gasteiger partial charge >= 0.3 is 0 Å². The standard InChI is InChI=1S/C16H29N3O3/c1-12(2)17-15(20)14-4-6-18(7-5-14)13(3)16(21)19-8-10-22-11-9-19/h12-14H,4-11H2,1-3H3,(H,17,20)/t13-/m1/s1. The molecule has 0 saturated carbocycles. The Morgan fingerprint density at radius 3 is 2.18 bits per heavy atom. The minimum atomic E-state index is -0.104. The minimum absolute atomic E-state index is 0.0874. The third-order valence-corrected chi connectivity index (χ3v) is 4.56. The number of amides is 2. The normalized spacial score (nSPS) is 22.6. The fraction of sp³-hybridized carbons (Fsp3) is 0.875. The van der Waals surface area contributed by atoms with Crippen molar-refractivity contribution in [1.82, 2.24) is 15.1 Å². The summed E-state index contributed by atoms with van der Waals surface area (Å²) in [6.07, 6.45) is 1.67. The second-order valence-electron chi connectivity index (χ2n) is 6.59. The zero-order valence-electron chi connectivity index (χ0n) is 14.0. The van der Waals surface area contributed by atoms with Gasteiger partial charge in [0.25, 0.3) is 0 Å². The molecule has 6 heteroatoms. The molecule has 0 unspecified atom stereocenters. The predicted octanol–water partition coefficient (Wildman–Crippen LogP) is 0.470. The number of piperidine rings is 1. The van der Waals surface area contributed by atoms with Crippen LogP contribution < -0.4 is 5.32 Å². The number of carbonyl (C=O) groups excluding carboxylic acids is 2. The van der Waals surface area contributed by atoms with Crippen molar-refractivity contribution in [3.63, 3.8) is 0 Å². The molecular formula is C16H29N3O3. The lowest BCUT2D eigenvalue weighted by Gasteiger charge is -2.38. The monoisotopic (exact) mass is 311 g/mol. The van der Waals surface area contributed by atoms with Gasteiger partial charge in [0.05, 0.1) is 19.3 Å². The van der Waals surface area contributed by atoms with Gasteiger partial charge in [-0.2, -0.15) is 0 Å². The highest BCUT2D eigenvalue weighted by Gasteiger charge is 2.32. The molecule has 22 heavy (non-hydrogen) atoms. The van der Waals surface area contributed by atoms with E-state index in [2.05, 4.69) is 10.2 Å². The smallest absolute Gasteiger partial charge is 0.239 e. The first-order valence-corrected chi connectivity index (χ1v) is 8.40. The van der Waals surface area contributed by atoms with E-state index in [4.69, 9.17) is 4.74 Å². The van der Waals surface area contributed by atoms with E-state index in [-0.39, 0.29) is 29.8 Å². The maximum atomic E-state index is 12.5. The second-order valence-corrected chi connectivity index (χ2v) is 6.59. The summed E-state index contributed by atoms with van der Waals surface area (Å²) in [4.78, 5) is 28.7. The number of hydrogen-bond donors (Lipinski definition) is 1. The summed E-state index contributed by atoms with van der Waals surface area (Å²) in [5.74, 6) is 0.430. The van der Waals surface area contributed by atoms with Crippen molar-refractivity contribution in [3.05, 3.63) is 0 Å². The minimum Gasteiger partial charge on any atom is -0.378 e. The van der Waals surface area contributed by atoms with Crippen LogP contribution in [0, 0.1) is 5.92 Å². The zero-order valence-corrected chi connectivity index (χ0v) is 14.0. The Hall–Kier alpha value is -1.14. The van der Waals surface area contributed by atoms with Crippen LogP contribution in [0.25, 0.3) is 0 Å². The van der Waals surface area contributed by atoms with Gasteiger partial charge in [-0.25, -0.2) is 0 Å². The van der Waals surface area contributed by atoms with Gasteiger partial charge < -0.3 is 15.0 Å². The fourth-order valence-electron chi connectivity index (χ4n) is 3.16. The van der Waals surface area contributed by atoms with Gasteiger partial charge in [0.1, 0.15) is 0 Å². The van der Waals surface area contributed by atoms with Gasteiger partial charge in [0, 0.05) is 25.0 Å². The average Bonchev–Trinajstić information content (AvgIpc) is 2.54. The van der Waals surface area contributed by atoms with Crippen LogP contribution in [0.5, 0.6) is 0 Å². The SMILES string of the molecule is CC(C)NC(=O)C1CCN([C@H](C)C(=O)N2CCOCC2)CC1. The van der Waals surface area contributed by atoms with Crippen molar-refractivity contribution in [2.45, 2.75) is 45.7 Å². The van der Waals surface area contributed by atoms with Crippen LogP contribution in [0.4, 0.5) is 0 Å². The number of nitrogens with zero attached hydrogens (tertiary/aromatic N) is 2. The molecule has 2 amide bonds. The Kier molecular flexibility index (Phi) is 6.20. The highest BCUT2D eigenvalue weighted by Crippen LogP contribution is 2.20. The average molecular weight is 311 g/mol. The van der Waals surface area contributed by atoms with E-state index < -0.39 is 0 Å². The molecule has 0 radical (unpaired) electrons. The maximum Gasteiger partial charge on any atom is 0.239 e. The van der Waals surface area contributed by atoms with Crippen LogP contribution >= 0.6 is 0 Å². The maximum absolute atomic E-state index is 12.5. The number of hydrogen-bond acceptors (Lipinski definition) is 4. The van der Waals surface area contributed by atoms with Crippen molar-refractivity contribution < 1.29 is 14.3 Å². The molecule has 2 aliphatic rings. The number of nitrogens with one attached hydrogen (secondary N) is 1. The molecule has 0 aromatic rings. The van der Waals surface area contributed by atoms with Crippen LogP contribution in [0.1, 0.15) is 33.6 Å². The Morgan fingerprint density at radius 2 is 1.64 bits per heavy atom. The third kappa shape index (κ3) is 4.43. The van der Waals surface area contributed by atoms with Crippen molar-refractivity contribution in [2.24, 2.45) is 5.92 Å². The largest absolute Gasteiger partial charge is 0.378 e. The molecule has 0 aliphatic carbocycles. The van der Waals surface area contributed by atoms with Crippen molar-refractivity contribution in [3.8, 4) is 0 Å². The topological polar surface area (TPSA) is 61.9 Å². The van der Waals surface area contributed by atoms with Crippen LogP contribution in [0.2, 0.25) is 0 Å². The first kappa shape index (κ1) is 17.2. The number of morpholine rings is 1. The Bertz CT molecular complexity index is 386. The van der Waals surface area contributed by atoms with Crippen molar-refractivity contribution in [1.29, 1.82) is 0 Å². The van der Waals surface area contributed by atoms with Crippen LogP contribution in [-0.4, -0.2) is 73.1 Å². The highest BCUT2D eigenvalue weighted by atomic mass is 16.5. The first-order valence-electron chi connectivity index (χ1n) is 8.40. The zero-order chi connectivity index (χ0) is 16.1. The van der Waals surface area contributed by atoms with Crippen molar-refractivity contribution in [2.75, 3.05) is 39.4 Å². The Labute approximate surface area is 133 Å². The lowest BCUT2D eigenvalue weighted by molar-refractivity contribution is -0.141. The molecule has 2 saturated heterocycles. The lowest BCUT2D eigenvalue weighted by Crippen LogP contribution is -2.53. The predicted molar refractivity (Wildman–Crippen MR) is 84.4 cm³/mol. The quantitative estimate of drug-likeness (QED) is 0.820. The van der Waals surface area contributed by atoms with E-state index >= 15 is 0 Å². The number of carbonyl (C=O) groups is 2. The molecule has 6 nitrogen and oxygen atoms in total. The van der Waals surface area contributed by atoms with E-state index in [1.165, 1.54) is 0 Å². The van der Waals surface area contributed by atoms with E-state index in [0.717, 1.165) is 25.9 Å². The number of rotatable bonds is 4. The molecule has 1 N–H and O–H groups in total. The summed E-state index contributed by atoms with van der Waals surface area (Å²) in [6, 6.07) is 0.0829. The molecule has 1 atom stereocenters.